The molecule has 1 unspecified atom stereocenters. The van der Waals surface area contributed by atoms with Gasteiger partial charge in [-0.25, -0.2) is 0 Å². The molecule has 2 N–H and O–H groups in total. The summed E-state index contributed by atoms with van der Waals surface area (Å²) < 4.78 is 1.06. The third-order valence-corrected chi connectivity index (χ3v) is 4.89. The molecule has 1 amide bonds. The standard InChI is InChI=1S/C16H24BrN3O/c1-12-10-13(5-6-15(12)17)19-16(21)11-20(2)14-4-3-8-18-9-7-14/h5-6,10,14,18H,3-4,7-9,11H2,1-2H3,(H,19,21). The van der Waals surface area contributed by atoms with Crippen molar-refractivity contribution in [1.82, 2.24) is 10.2 Å². The summed E-state index contributed by atoms with van der Waals surface area (Å²) in [7, 11) is 2.04. The molecule has 1 aliphatic rings. The van der Waals surface area contributed by atoms with E-state index < -0.39 is 0 Å². The van der Waals surface area contributed by atoms with Crippen LogP contribution in [0.1, 0.15) is 24.8 Å². The molecule has 21 heavy (non-hydrogen) atoms. The first kappa shape index (κ1) is 16.5. The van der Waals surface area contributed by atoms with Gasteiger partial charge in [0.05, 0.1) is 6.54 Å². The zero-order chi connectivity index (χ0) is 15.2. The van der Waals surface area contributed by atoms with Gasteiger partial charge in [-0.05, 0) is 70.1 Å². The molecule has 1 heterocycles. The summed E-state index contributed by atoms with van der Waals surface area (Å²) in [5.74, 6) is 0.0522. The normalized spacial score (nSPS) is 19.3. The first-order valence-corrected chi connectivity index (χ1v) is 8.32. The monoisotopic (exact) mass is 353 g/mol. The number of nitrogens with zero attached hydrogens (tertiary/aromatic N) is 1. The van der Waals surface area contributed by atoms with Gasteiger partial charge in [-0.3, -0.25) is 9.69 Å². The van der Waals surface area contributed by atoms with Crippen molar-refractivity contribution in [2.75, 3.05) is 32.0 Å². The molecule has 4 nitrogen and oxygen atoms in total. The lowest BCUT2D eigenvalue weighted by Gasteiger charge is -2.26. The zero-order valence-corrected chi connectivity index (χ0v) is 14.4. The first-order chi connectivity index (χ1) is 10.1. The Bertz CT molecular complexity index is 484. The molecule has 1 atom stereocenters. The SMILES string of the molecule is Cc1cc(NC(=O)CN(C)C2CCCNCC2)ccc1Br. The van der Waals surface area contributed by atoms with Crippen LogP contribution < -0.4 is 10.6 Å². The molecule has 1 fully saturated rings. The fraction of sp³-hybridized carbons (Fsp3) is 0.562. The van der Waals surface area contributed by atoms with Crippen molar-refractivity contribution in [3.05, 3.63) is 28.2 Å². The Kier molecular flexibility index (Phi) is 6.21. The van der Waals surface area contributed by atoms with Crippen molar-refractivity contribution in [3.8, 4) is 0 Å². The molecule has 1 aromatic rings. The number of carbonyl (C=O) groups is 1. The molecule has 1 aromatic carbocycles. The number of likely N-dealkylation sites (N-methyl/N-ethyl adjacent to an activating group) is 1. The van der Waals surface area contributed by atoms with E-state index in [4.69, 9.17) is 0 Å². The molecule has 1 saturated heterocycles. The Morgan fingerprint density at radius 3 is 3.00 bits per heavy atom. The van der Waals surface area contributed by atoms with Crippen molar-refractivity contribution in [3.63, 3.8) is 0 Å². The largest absolute Gasteiger partial charge is 0.325 e. The first-order valence-electron chi connectivity index (χ1n) is 7.53. The summed E-state index contributed by atoms with van der Waals surface area (Å²) in [4.78, 5) is 14.3. The molecule has 0 radical (unpaired) electrons. The number of hydrogen-bond acceptors (Lipinski definition) is 3. The van der Waals surface area contributed by atoms with Crippen molar-refractivity contribution < 1.29 is 4.79 Å². The van der Waals surface area contributed by atoms with E-state index in [-0.39, 0.29) is 5.91 Å². The van der Waals surface area contributed by atoms with Crippen LogP contribution in [0.4, 0.5) is 5.69 Å². The Morgan fingerprint density at radius 2 is 2.24 bits per heavy atom. The van der Waals surface area contributed by atoms with E-state index in [0.717, 1.165) is 41.7 Å². The van der Waals surface area contributed by atoms with Crippen LogP contribution in [0.5, 0.6) is 0 Å². The fourth-order valence-corrected chi connectivity index (χ4v) is 2.97. The van der Waals surface area contributed by atoms with Crippen LogP contribution in [0.25, 0.3) is 0 Å². The van der Waals surface area contributed by atoms with Gasteiger partial charge >= 0.3 is 0 Å². The predicted molar refractivity (Wildman–Crippen MR) is 90.6 cm³/mol. The molecule has 0 aromatic heterocycles. The number of aryl methyl sites for hydroxylation is 1. The number of rotatable bonds is 4. The minimum Gasteiger partial charge on any atom is -0.325 e. The Morgan fingerprint density at radius 1 is 1.43 bits per heavy atom. The van der Waals surface area contributed by atoms with Gasteiger partial charge in [-0.2, -0.15) is 0 Å². The number of nitrogens with one attached hydrogen (secondary N) is 2. The Balaban J connectivity index is 1.86. The highest BCUT2D eigenvalue weighted by atomic mass is 79.9. The topological polar surface area (TPSA) is 44.4 Å². The predicted octanol–water partition coefficient (Wildman–Crippen LogP) is 2.77. The van der Waals surface area contributed by atoms with Crippen LogP contribution in [0, 0.1) is 6.92 Å². The number of carbonyl (C=O) groups excluding carboxylic acids is 1. The lowest BCUT2D eigenvalue weighted by molar-refractivity contribution is -0.117. The molecule has 5 heteroatoms. The minimum atomic E-state index is 0.0522. The van der Waals surface area contributed by atoms with E-state index in [9.17, 15) is 4.79 Å². The molecular formula is C16H24BrN3O. The number of amides is 1. The summed E-state index contributed by atoms with van der Waals surface area (Å²) >= 11 is 3.47. The van der Waals surface area contributed by atoms with E-state index in [0.29, 0.717) is 12.6 Å². The van der Waals surface area contributed by atoms with Gasteiger partial charge in [0.1, 0.15) is 0 Å². The summed E-state index contributed by atoms with van der Waals surface area (Å²) in [5, 5.41) is 6.38. The molecule has 0 saturated carbocycles. The maximum Gasteiger partial charge on any atom is 0.238 e. The third kappa shape index (κ3) is 5.09. The number of hydrogen-bond donors (Lipinski definition) is 2. The molecule has 0 aliphatic carbocycles. The van der Waals surface area contributed by atoms with E-state index >= 15 is 0 Å². The average molecular weight is 354 g/mol. The molecular weight excluding hydrogens is 330 g/mol. The van der Waals surface area contributed by atoms with Crippen molar-refractivity contribution in [2.24, 2.45) is 0 Å². The fourth-order valence-electron chi connectivity index (χ4n) is 2.72. The Hall–Kier alpha value is -0.910. The van der Waals surface area contributed by atoms with E-state index in [1.54, 1.807) is 0 Å². The summed E-state index contributed by atoms with van der Waals surface area (Å²) in [6, 6.07) is 6.37. The van der Waals surface area contributed by atoms with Gasteiger partial charge in [0.15, 0.2) is 0 Å². The van der Waals surface area contributed by atoms with Gasteiger partial charge in [0.25, 0.3) is 0 Å². The van der Waals surface area contributed by atoms with E-state index in [1.807, 2.05) is 32.2 Å². The number of halogens is 1. The average Bonchev–Trinajstić information content (AvgIpc) is 2.72. The van der Waals surface area contributed by atoms with E-state index in [1.165, 1.54) is 6.42 Å². The number of anilines is 1. The van der Waals surface area contributed by atoms with Crippen molar-refractivity contribution in [1.29, 1.82) is 0 Å². The zero-order valence-electron chi connectivity index (χ0n) is 12.8. The van der Waals surface area contributed by atoms with Gasteiger partial charge in [-0.1, -0.05) is 15.9 Å². The third-order valence-electron chi connectivity index (χ3n) is 4.00. The lowest BCUT2D eigenvalue weighted by atomic mass is 10.1. The molecule has 116 valence electrons. The van der Waals surface area contributed by atoms with Crippen molar-refractivity contribution in [2.45, 2.75) is 32.2 Å². The highest BCUT2D eigenvalue weighted by molar-refractivity contribution is 9.10. The van der Waals surface area contributed by atoms with Gasteiger partial charge < -0.3 is 10.6 Å². The van der Waals surface area contributed by atoms with Crippen LogP contribution in [0.2, 0.25) is 0 Å². The van der Waals surface area contributed by atoms with E-state index in [2.05, 4.69) is 31.5 Å². The van der Waals surface area contributed by atoms with Crippen LogP contribution in [-0.4, -0.2) is 43.5 Å². The Labute approximate surface area is 135 Å². The quantitative estimate of drug-likeness (QED) is 0.874. The highest BCUT2D eigenvalue weighted by Gasteiger charge is 2.18. The van der Waals surface area contributed by atoms with Crippen LogP contribution in [0.3, 0.4) is 0 Å². The molecule has 0 spiro atoms. The second-order valence-electron chi connectivity index (χ2n) is 5.76. The minimum absolute atomic E-state index is 0.0522. The molecule has 0 bridgehead atoms. The second-order valence-corrected chi connectivity index (χ2v) is 6.62. The summed E-state index contributed by atoms with van der Waals surface area (Å²) in [6.07, 6.45) is 3.46. The summed E-state index contributed by atoms with van der Waals surface area (Å²) in [6.45, 7) is 4.60. The second kappa shape index (κ2) is 7.92. The molecule has 2 rings (SSSR count). The highest BCUT2D eigenvalue weighted by Crippen LogP contribution is 2.20. The smallest absolute Gasteiger partial charge is 0.238 e. The van der Waals surface area contributed by atoms with Gasteiger partial charge in [0.2, 0.25) is 5.91 Å². The van der Waals surface area contributed by atoms with Crippen LogP contribution in [-0.2, 0) is 4.79 Å². The lowest BCUT2D eigenvalue weighted by Crippen LogP contribution is -2.38. The van der Waals surface area contributed by atoms with Crippen LogP contribution in [0.15, 0.2) is 22.7 Å². The van der Waals surface area contributed by atoms with Crippen molar-refractivity contribution >= 4 is 27.5 Å². The maximum absolute atomic E-state index is 12.2. The summed E-state index contributed by atoms with van der Waals surface area (Å²) in [5.41, 5.74) is 1.98. The van der Waals surface area contributed by atoms with Gasteiger partial charge in [0, 0.05) is 16.2 Å². The van der Waals surface area contributed by atoms with Crippen LogP contribution >= 0.6 is 15.9 Å². The van der Waals surface area contributed by atoms with Gasteiger partial charge in [-0.15, -0.1) is 0 Å². The maximum atomic E-state index is 12.2. The molecule has 1 aliphatic heterocycles. The number of benzene rings is 1.